The summed E-state index contributed by atoms with van der Waals surface area (Å²) < 4.78 is 5.53. The lowest BCUT2D eigenvalue weighted by Crippen LogP contribution is -2.08. The first kappa shape index (κ1) is 31.9. The van der Waals surface area contributed by atoms with E-state index in [1.54, 1.807) is 0 Å². The molecule has 1 aromatic carbocycles. The van der Waals surface area contributed by atoms with Crippen LogP contribution in [0.2, 0.25) is 0 Å². The van der Waals surface area contributed by atoms with Gasteiger partial charge >= 0.3 is 5.97 Å². The Balaban J connectivity index is 2.19. The minimum absolute atomic E-state index is 0.0367. The molecule has 1 aromatic rings. The molecule has 0 aliphatic rings. The molecule has 0 aromatic heterocycles. The molecule has 1 atom stereocenters. The minimum atomic E-state index is -0.125. The van der Waals surface area contributed by atoms with Crippen molar-refractivity contribution in [1.29, 1.82) is 0 Å². The summed E-state index contributed by atoms with van der Waals surface area (Å²) in [4.78, 5) is 12.2. The van der Waals surface area contributed by atoms with Crippen molar-refractivity contribution in [2.75, 3.05) is 0 Å². The molecule has 2 nitrogen and oxygen atoms in total. The summed E-state index contributed by atoms with van der Waals surface area (Å²) in [5.41, 5.74) is 2.41. The largest absolute Gasteiger partial charge is 0.427 e. The van der Waals surface area contributed by atoms with Crippen molar-refractivity contribution in [1.82, 2.24) is 0 Å². The number of ether oxygens (including phenoxy) is 1. The number of rotatable bonds is 21. The zero-order chi connectivity index (χ0) is 26.5. The standard InChI is InChI=1S/C34H54O2/c1-6-8-9-10-11-12-13-14-15-16-17-18-19-22-33(35)36-32-25-23-31(24-26-32)27-29-34(5,7-2)28-20-21-30(3)4/h7,21,23-27,29H,2,6,8-20,22,28H2,1,3-5H3/b29-27+/t34-/m1/s1. The van der Waals surface area contributed by atoms with E-state index in [1.807, 2.05) is 30.3 Å². The highest BCUT2D eigenvalue weighted by atomic mass is 16.5. The number of carbonyl (C=O) groups is 1. The summed E-state index contributed by atoms with van der Waals surface area (Å²) in [5, 5.41) is 0. The van der Waals surface area contributed by atoms with Gasteiger partial charge in [0.05, 0.1) is 0 Å². The maximum absolute atomic E-state index is 12.2. The van der Waals surface area contributed by atoms with Crippen LogP contribution in [-0.2, 0) is 4.79 Å². The Morgan fingerprint density at radius 3 is 1.89 bits per heavy atom. The molecule has 0 amide bonds. The van der Waals surface area contributed by atoms with Crippen LogP contribution in [0.5, 0.6) is 5.75 Å². The van der Waals surface area contributed by atoms with E-state index in [4.69, 9.17) is 4.74 Å². The molecule has 0 saturated heterocycles. The maximum Gasteiger partial charge on any atom is 0.311 e. The molecule has 36 heavy (non-hydrogen) atoms. The first-order valence-electron chi connectivity index (χ1n) is 14.7. The SMILES string of the molecule is C=C[C@@](C)(/C=C/c1ccc(OC(=O)CCCCCCCCCCCCCCC)cc1)CCC=C(C)C. The fourth-order valence-electron chi connectivity index (χ4n) is 4.33. The molecule has 0 heterocycles. The Hall–Kier alpha value is -2.09. The second-order valence-corrected chi connectivity index (χ2v) is 10.9. The second-order valence-electron chi connectivity index (χ2n) is 10.9. The van der Waals surface area contributed by atoms with E-state index in [2.05, 4.69) is 52.5 Å². The number of hydrogen-bond donors (Lipinski definition) is 0. The molecule has 0 aliphatic carbocycles. The van der Waals surface area contributed by atoms with Crippen molar-refractivity contribution < 1.29 is 9.53 Å². The van der Waals surface area contributed by atoms with Gasteiger partial charge in [-0.05, 0) is 50.8 Å². The molecule has 2 heteroatoms. The molecule has 0 fully saturated rings. The number of benzene rings is 1. The van der Waals surface area contributed by atoms with Crippen LogP contribution in [0.4, 0.5) is 0 Å². The lowest BCUT2D eigenvalue weighted by atomic mass is 9.84. The smallest absolute Gasteiger partial charge is 0.311 e. The van der Waals surface area contributed by atoms with Gasteiger partial charge in [-0.1, -0.05) is 133 Å². The summed E-state index contributed by atoms with van der Waals surface area (Å²) >= 11 is 0. The molecule has 0 N–H and O–H groups in total. The molecular formula is C34H54O2. The van der Waals surface area contributed by atoms with Crippen molar-refractivity contribution in [2.24, 2.45) is 5.41 Å². The number of hydrogen-bond acceptors (Lipinski definition) is 2. The van der Waals surface area contributed by atoms with Gasteiger partial charge in [-0.25, -0.2) is 0 Å². The molecule has 0 saturated carbocycles. The zero-order valence-corrected chi connectivity index (χ0v) is 24.0. The molecule has 202 valence electrons. The van der Waals surface area contributed by atoms with E-state index in [-0.39, 0.29) is 11.4 Å². The van der Waals surface area contributed by atoms with Gasteiger partial charge in [0.25, 0.3) is 0 Å². The van der Waals surface area contributed by atoms with Crippen LogP contribution < -0.4 is 4.74 Å². The molecule has 0 unspecified atom stereocenters. The minimum Gasteiger partial charge on any atom is -0.427 e. The van der Waals surface area contributed by atoms with Crippen molar-refractivity contribution in [2.45, 2.75) is 130 Å². The average molecular weight is 495 g/mol. The Morgan fingerprint density at radius 2 is 1.39 bits per heavy atom. The predicted molar refractivity (Wildman–Crippen MR) is 158 cm³/mol. The maximum atomic E-state index is 12.2. The summed E-state index contributed by atoms with van der Waals surface area (Å²) in [6, 6.07) is 7.78. The summed E-state index contributed by atoms with van der Waals surface area (Å²) in [7, 11) is 0. The van der Waals surface area contributed by atoms with E-state index < -0.39 is 0 Å². The highest BCUT2D eigenvalue weighted by molar-refractivity contribution is 5.72. The quantitative estimate of drug-likeness (QED) is 0.0735. The third-order valence-corrected chi connectivity index (χ3v) is 6.95. The van der Waals surface area contributed by atoms with Gasteiger partial charge in [-0.3, -0.25) is 4.79 Å². The zero-order valence-electron chi connectivity index (χ0n) is 24.0. The van der Waals surface area contributed by atoms with Gasteiger partial charge in [-0.15, -0.1) is 6.58 Å². The van der Waals surface area contributed by atoms with E-state index in [1.165, 1.54) is 76.2 Å². The number of allylic oxidation sites excluding steroid dienone is 4. The Morgan fingerprint density at radius 1 is 0.861 bits per heavy atom. The van der Waals surface area contributed by atoms with Gasteiger partial charge in [0, 0.05) is 11.8 Å². The number of carbonyl (C=O) groups excluding carboxylic acids is 1. The topological polar surface area (TPSA) is 26.3 Å². The van der Waals surface area contributed by atoms with Crippen LogP contribution >= 0.6 is 0 Å². The monoisotopic (exact) mass is 494 g/mol. The predicted octanol–water partition coefficient (Wildman–Crippen LogP) is 11.0. The van der Waals surface area contributed by atoms with E-state index >= 15 is 0 Å². The molecule has 0 spiro atoms. The van der Waals surface area contributed by atoms with Gasteiger partial charge in [-0.2, -0.15) is 0 Å². The highest BCUT2D eigenvalue weighted by Gasteiger charge is 2.15. The molecule has 1 rings (SSSR count). The van der Waals surface area contributed by atoms with Crippen molar-refractivity contribution in [3.8, 4) is 5.75 Å². The van der Waals surface area contributed by atoms with Gasteiger partial charge in [0.15, 0.2) is 0 Å². The number of unbranched alkanes of at least 4 members (excludes halogenated alkanes) is 12. The van der Waals surface area contributed by atoms with Crippen LogP contribution in [0, 0.1) is 5.41 Å². The second kappa shape index (κ2) is 20.0. The fraction of sp³-hybridized carbons (Fsp3) is 0.618. The molecular weight excluding hydrogens is 440 g/mol. The van der Waals surface area contributed by atoms with Gasteiger partial charge < -0.3 is 4.74 Å². The van der Waals surface area contributed by atoms with E-state index in [0.29, 0.717) is 12.2 Å². The van der Waals surface area contributed by atoms with Crippen molar-refractivity contribution >= 4 is 12.0 Å². The van der Waals surface area contributed by atoms with E-state index in [9.17, 15) is 4.79 Å². The van der Waals surface area contributed by atoms with Gasteiger partial charge in [0.2, 0.25) is 0 Å². The Kier molecular flexibility index (Phi) is 17.8. The fourth-order valence-corrected chi connectivity index (χ4v) is 4.33. The first-order chi connectivity index (χ1) is 17.4. The lowest BCUT2D eigenvalue weighted by Gasteiger charge is -2.20. The van der Waals surface area contributed by atoms with E-state index in [0.717, 1.165) is 31.2 Å². The summed E-state index contributed by atoms with van der Waals surface area (Å²) in [6.45, 7) is 12.8. The van der Waals surface area contributed by atoms with Crippen molar-refractivity contribution in [3.05, 3.63) is 60.2 Å². The van der Waals surface area contributed by atoms with Crippen LogP contribution in [0.1, 0.15) is 136 Å². The van der Waals surface area contributed by atoms with Crippen LogP contribution in [0.3, 0.4) is 0 Å². The van der Waals surface area contributed by atoms with Crippen LogP contribution in [0.15, 0.2) is 54.6 Å². The molecule has 0 bridgehead atoms. The Labute approximate surface area is 223 Å². The van der Waals surface area contributed by atoms with Crippen molar-refractivity contribution in [3.63, 3.8) is 0 Å². The van der Waals surface area contributed by atoms with Gasteiger partial charge in [0.1, 0.15) is 5.75 Å². The summed E-state index contributed by atoms with van der Waals surface area (Å²) in [6.07, 6.45) is 28.2. The highest BCUT2D eigenvalue weighted by Crippen LogP contribution is 2.28. The lowest BCUT2D eigenvalue weighted by molar-refractivity contribution is -0.134. The third kappa shape index (κ3) is 16.6. The third-order valence-electron chi connectivity index (χ3n) is 6.95. The normalized spacial score (nSPS) is 12.9. The average Bonchev–Trinajstić information content (AvgIpc) is 2.86. The first-order valence-corrected chi connectivity index (χ1v) is 14.7. The molecule has 0 aliphatic heterocycles. The Bertz CT molecular complexity index is 767. The van der Waals surface area contributed by atoms with Crippen LogP contribution in [0.25, 0.3) is 6.08 Å². The number of esters is 1. The van der Waals surface area contributed by atoms with Crippen LogP contribution in [-0.4, -0.2) is 5.97 Å². The summed E-state index contributed by atoms with van der Waals surface area (Å²) in [5.74, 6) is 0.502. The molecule has 0 radical (unpaired) electrons.